The Morgan fingerprint density at radius 3 is 2.38 bits per heavy atom. The SMILES string of the molecule is CC(=O)[C@@H]1[C@@H]2C[C@@H]1N(C(=O)OC(C)(C)C)C2. The minimum atomic E-state index is -0.463. The maximum absolute atomic E-state index is 11.9. The van der Waals surface area contributed by atoms with Crippen molar-refractivity contribution in [1.82, 2.24) is 4.90 Å². The Labute approximate surface area is 95.9 Å². The van der Waals surface area contributed by atoms with E-state index in [9.17, 15) is 9.59 Å². The van der Waals surface area contributed by atoms with Gasteiger partial charge in [0.2, 0.25) is 0 Å². The molecule has 0 spiro atoms. The Morgan fingerprint density at radius 1 is 1.31 bits per heavy atom. The third-order valence-corrected chi connectivity index (χ3v) is 3.40. The molecule has 2 heterocycles. The third kappa shape index (κ3) is 1.81. The molecule has 0 aromatic rings. The minimum absolute atomic E-state index is 0.0625. The molecule has 2 bridgehead atoms. The lowest BCUT2D eigenvalue weighted by Crippen LogP contribution is -2.45. The van der Waals surface area contributed by atoms with Gasteiger partial charge in [-0.15, -0.1) is 0 Å². The van der Waals surface area contributed by atoms with Gasteiger partial charge in [-0.1, -0.05) is 0 Å². The van der Waals surface area contributed by atoms with Crippen molar-refractivity contribution in [1.29, 1.82) is 0 Å². The van der Waals surface area contributed by atoms with Crippen molar-refractivity contribution < 1.29 is 14.3 Å². The van der Waals surface area contributed by atoms with Gasteiger partial charge in [0.15, 0.2) is 0 Å². The van der Waals surface area contributed by atoms with Gasteiger partial charge in [0.05, 0.1) is 0 Å². The first kappa shape index (κ1) is 11.4. The second-order valence-corrected chi connectivity index (χ2v) is 5.83. The van der Waals surface area contributed by atoms with Crippen LogP contribution in [0.15, 0.2) is 0 Å². The number of amides is 1. The summed E-state index contributed by atoms with van der Waals surface area (Å²) in [6.07, 6.45) is 0.687. The first-order valence-electron chi connectivity index (χ1n) is 5.79. The summed E-state index contributed by atoms with van der Waals surface area (Å²) < 4.78 is 5.32. The average Bonchev–Trinajstić information content (AvgIpc) is 2.53. The molecular weight excluding hydrogens is 206 g/mol. The van der Waals surface area contributed by atoms with E-state index < -0.39 is 5.60 Å². The molecule has 4 heteroatoms. The lowest BCUT2D eigenvalue weighted by Gasteiger charge is -2.34. The van der Waals surface area contributed by atoms with E-state index in [-0.39, 0.29) is 23.8 Å². The topological polar surface area (TPSA) is 46.6 Å². The van der Waals surface area contributed by atoms with E-state index in [1.54, 1.807) is 11.8 Å². The van der Waals surface area contributed by atoms with Crippen LogP contribution in [0.25, 0.3) is 0 Å². The highest BCUT2D eigenvalue weighted by atomic mass is 16.6. The molecule has 0 aromatic heterocycles. The highest BCUT2D eigenvalue weighted by Gasteiger charge is 2.56. The molecule has 1 aliphatic carbocycles. The fourth-order valence-corrected chi connectivity index (χ4v) is 2.75. The van der Waals surface area contributed by atoms with Crippen LogP contribution in [0.2, 0.25) is 0 Å². The number of ketones is 1. The lowest BCUT2D eigenvalue weighted by molar-refractivity contribution is -0.125. The van der Waals surface area contributed by atoms with Crippen LogP contribution >= 0.6 is 0 Å². The van der Waals surface area contributed by atoms with Gasteiger partial charge in [0.1, 0.15) is 11.4 Å². The van der Waals surface area contributed by atoms with Crippen LogP contribution in [0.5, 0.6) is 0 Å². The van der Waals surface area contributed by atoms with Crippen molar-refractivity contribution in [2.24, 2.45) is 11.8 Å². The summed E-state index contributed by atoms with van der Waals surface area (Å²) >= 11 is 0. The number of carbonyl (C=O) groups excluding carboxylic acids is 2. The second kappa shape index (κ2) is 3.47. The van der Waals surface area contributed by atoms with E-state index in [1.165, 1.54) is 0 Å². The van der Waals surface area contributed by atoms with E-state index in [0.29, 0.717) is 12.5 Å². The van der Waals surface area contributed by atoms with E-state index in [1.807, 2.05) is 20.8 Å². The van der Waals surface area contributed by atoms with Gasteiger partial charge < -0.3 is 9.64 Å². The van der Waals surface area contributed by atoms with Crippen molar-refractivity contribution in [3.8, 4) is 0 Å². The molecule has 1 saturated carbocycles. The highest BCUT2D eigenvalue weighted by Crippen LogP contribution is 2.47. The van der Waals surface area contributed by atoms with Gasteiger partial charge in [0, 0.05) is 18.5 Å². The van der Waals surface area contributed by atoms with Crippen LogP contribution in [0.4, 0.5) is 4.79 Å². The Morgan fingerprint density at radius 2 is 1.94 bits per heavy atom. The first-order chi connectivity index (χ1) is 7.29. The first-order valence-corrected chi connectivity index (χ1v) is 5.79. The van der Waals surface area contributed by atoms with E-state index in [4.69, 9.17) is 4.74 Å². The van der Waals surface area contributed by atoms with Gasteiger partial charge in [-0.3, -0.25) is 4.79 Å². The average molecular weight is 225 g/mol. The molecule has 3 aliphatic rings. The number of Topliss-reactive ketones (excluding diaryl/α,β-unsaturated/α-hetero) is 1. The van der Waals surface area contributed by atoms with Crippen molar-refractivity contribution >= 4 is 11.9 Å². The molecule has 0 N–H and O–H groups in total. The third-order valence-electron chi connectivity index (χ3n) is 3.40. The number of carbonyl (C=O) groups is 2. The van der Waals surface area contributed by atoms with Crippen molar-refractivity contribution in [3.63, 3.8) is 0 Å². The number of hydrogen-bond donors (Lipinski definition) is 0. The molecule has 0 unspecified atom stereocenters. The Balaban J connectivity index is 1.99. The monoisotopic (exact) mass is 225 g/mol. The fourth-order valence-electron chi connectivity index (χ4n) is 2.75. The predicted molar refractivity (Wildman–Crippen MR) is 59.0 cm³/mol. The highest BCUT2D eigenvalue weighted by molar-refractivity contribution is 5.83. The molecule has 90 valence electrons. The molecule has 0 radical (unpaired) electrons. The maximum atomic E-state index is 11.9. The normalized spacial score (nSPS) is 32.2. The van der Waals surface area contributed by atoms with E-state index in [2.05, 4.69) is 0 Å². The predicted octanol–water partition coefficient (Wildman–Crippen LogP) is 1.83. The van der Waals surface area contributed by atoms with E-state index in [0.717, 1.165) is 6.42 Å². The van der Waals surface area contributed by atoms with Crippen molar-refractivity contribution in [2.45, 2.75) is 45.8 Å². The Hall–Kier alpha value is -1.06. The van der Waals surface area contributed by atoms with Crippen molar-refractivity contribution in [3.05, 3.63) is 0 Å². The zero-order chi connectivity index (χ0) is 12.1. The maximum Gasteiger partial charge on any atom is 0.410 e. The van der Waals surface area contributed by atoms with Gasteiger partial charge in [-0.2, -0.15) is 0 Å². The molecule has 1 amide bonds. The van der Waals surface area contributed by atoms with Gasteiger partial charge >= 0.3 is 6.09 Å². The summed E-state index contributed by atoms with van der Waals surface area (Å²) in [5, 5.41) is 0. The number of fused-ring (bicyclic) bond motifs is 1. The molecule has 4 nitrogen and oxygen atoms in total. The van der Waals surface area contributed by atoms with Crippen LogP contribution in [-0.2, 0) is 9.53 Å². The zero-order valence-electron chi connectivity index (χ0n) is 10.3. The van der Waals surface area contributed by atoms with Crippen LogP contribution in [0.3, 0.4) is 0 Å². The molecule has 3 rings (SSSR count). The number of hydrogen-bond acceptors (Lipinski definition) is 3. The molecule has 16 heavy (non-hydrogen) atoms. The summed E-state index contributed by atoms with van der Waals surface area (Å²) in [4.78, 5) is 24.9. The summed E-state index contributed by atoms with van der Waals surface area (Å²) in [5.74, 6) is 0.634. The van der Waals surface area contributed by atoms with E-state index >= 15 is 0 Å². The zero-order valence-corrected chi connectivity index (χ0v) is 10.3. The molecule has 0 aromatic carbocycles. The molecule has 3 atom stereocenters. The second-order valence-electron chi connectivity index (χ2n) is 5.83. The number of ether oxygens (including phenoxy) is 1. The standard InChI is InChI=1S/C12H19NO3/c1-7(14)10-8-5-9(10)13(6-8)11(15)16-12(2,3)4/h8-10H,5-6H2,1-4H3/t8-,9+,10-/m1/s1. The summed E-state index contributed by atoms with van der Waals surface area (Å²) in [7, 11) is 0. The quantitative estimate of drug-likeness (QED) is 0.684. The number of rotatable bonds is 1. The van der Waals surface area contributed by atoms with Crippen molar-refractivity contribution in [2.75, 3.05) is 6.54 Å². The number of nitrogens with zero attached hydrogens (tertiary/aromatic N) is 1. The largest absolute Gasteiger partial charge is 0.444 e. The summed E-state index contributed by atoms with van der Waals surface area (Å²) in [6, 6.07) is 0.0948. The molecule has 2 aliphatic heterocycles. The molecule has 2 saturated heterocycles. The Bertz CT molecular complexity index is 332. The molecule has 3 fully saturated rings. The van der Waals surface area contributed by atoms with Gasteiger partial charge in [-0.25, -0.2) is 4.79 Å². The summed E-state index contributed by atoms with van der Waals surface area (Å²) in [6.45, 7) is 7.86. The summed E-state index contributed by atoms with van der Waals surface area (Å²) in [5.41, 5.74) is -0.463. The van der Waals surface area contributed by atoms with Gasteiger partial charge in [0.25, 0.3) is 0 Å². The Kier molecular flexibility index (Phi) is 2.48. The van der Waals surface area contributed by atoms with Crippen LogP contribution in [-0.4, -0.2) is 35.0 Å². The van der Waals surface area contributed by atoms with Crippen LogP contribution in [0.1, 0.15) is 34.1 Å². The molecular formula is C12H19NO3. The lowest BCUT2D eigenvalue weighted by atomic mass is 9.72. The minimum Gasteiger partial charge on any atom is -0.444 e. The van der Waals surface area contributed by atoms with Gasteiger partial charge in [-0.05, 0) is 40.0 Å². The smallest absolute Gasteiger partial charge is 0.410 e. The fraction of sp³-hybridized carbons (Fsp3) is 0.833. The van der Waals surface area contributed by atoms with Crippen LogP contribution in [0, 0.1) is 11.8 Å². The van der Waals surface area contributed by atoms with Crippen LogP contribution < -0.4 is 0 Å².